The van der Waals surface area contributed by atoms with Crippen LogP contribution in [0.2, 0.25) is 0 Å². The minimum absolute atomic E-state index is 0.578. The lowest BCUT2D eigenvalue weighted by molar-refractivity contribution is 0.669. The molecule has 0 bridgehead atoms. The predicted molar refractivity (Wildman–Crippen MR) is 271 cm³/mol. The molecule has 65 heavy (non-hydrogen) atoms. The van der Waals surface area contributed by atoms with E-state index < -0.39 is 0 Å². The second kappa shape index (κ2) is 14.0. The minimum atomic E-state index is 0.578. The van der Waals surface area contributed by atoms with Gasteiger partial charge < -0.3 is 8.98 Å². The van der Waals surface area contributed by atoms with Crippen molar-refractivity contribution in [3.05, 3.63) is 206 Å². The maximum Gasteiger partial charge on any atom is 0.164 e. The molecule has 0 saturated carbocycles. The first-order valence-corrected chi connectivity index (χ1v) is 22.7. The number of rotatable bonds is 5. The molecule has 0 saturated heterocycles. The largest absolute Gasteiger partial charge is 0.456 e. The monoisotopic (exact) mass is 846 g/mol. The summed E-state index contributed by atoms with van der Waals surface area (Å²) >= 11 is 1.85. The number of para-hydroxylation sites is 2. The zero-order chi connectivity index (χ0) is 42.6. The Balaban J connectivity index is 1.06. The van der Waals surface area contributed by atoms with E-state index in [4.69, 9.17) is 19.4 Å². The summed E-state index contributed by atoms with van der Waals surface area (Å²) in [6, 6.07) is 73.3. The van der Waals surface area contributed by atoms with Gasteiger partial charge >= 0.3 is 0 Å². The fraction of sp³-hybridized carbons (Fsp3) is 0. The van der Waals surface area contributed by atoms with Crippen molar-refractivity contribution in [3.63, 3.8) is 0 Å². The Bertz CT molecular complexity index is 4260. The van der Waals surface area contributed by atoms with E-state index in [1.165, 1.54) is 69.1 Å². The first-order valence-electron chi connectivity index (χ1n) is 21.8. The maximum absolute atomic E-state index is 6.34. The molecule has 0 N–H and O–H groups in total. The quantitative estimate of drug-likeness (QED) is 0.162. The van der Waals surface area contributed by atoms with E-state index in [1.54, 1.807) is 0 Å². The van der Waals surface area contributed by atoms with Crippen molar-refractivity contribution in [1.29, 1.82) is 0 Å². The van der Waals surface area contributed by atoms with Crippen molar-refractivity contribution in [3.8, 4) is 51.0 Å². The number of aromatic nitrogens is 4. The number of benzene rings is 10. The van der Waals surface area contributed by atoms with Gasteiger partial charge in [0.05, 0.1) is 11.0 Å². The van der Waals surface area contributed by atoms with Crippen LogP contribution in [0.4, 0.5) is 0 Å². The van der Waals surface area contributed by atoms with Gasteiger partial charge in [-0.1, -0.05) is 164 Å². The zero-order valence-electron chi connectivity index (χ0n) is 34.7. The molecule has 0 radical (unpaired) electrons. The summed E-state index contributed by atoms with van der Waals surface area (Å²) in [6.07, 6.45) is 0. The minimum Gasteiger partial charge on any atom is -0.456 e. The molecule has 0 amide bonds. The van der Waals surface area contributed by atoms with Crippen LogP contribution in [0.1, 0.15) is 0 Å². The molecule has 14 aromatic rings. The molecule has 4 aromatic heterocycles. The van der Waals surface area contributed by atoms with E-state index in [9.17, 15) is 0 Å². The lowest BCUT2D eigenvalue weighted by Crippen LogP contribution is -2.01. The van der Waals surface area contributed by atoms with Crippen molar-refractivity contribution >= 4 is 96.8 Å². The molecule has 0 aliphatic rings. The second-order valence-electron chi connectivity index (χ2n) is 16.7. The van der Waals surface area contributed by atoms with Crippen LogP contribution in [0.5, 0.6) is 0 Å². The molecular formula is C59H34N4OS. The van der Waals surface area contributed by atoms with Crippen LogP contribution in [0.15, 0.2) is 211 Å². The lowest BCUT2D eigenvalue weighted by Gasteiger charge is -2.15. The van der Waals surface area contributed by atoms with Crippen LogP contribution in [-0.4, -0.2) is 19.5 Å². The standard InChI is InChI=1S/C59H34N4OS/c1-2-15-35(16-3-1)57-60-58(62-59(61-57)37-31-32-42-41-21-8-10-28-49(41)64-50(42)34-37)36-17-12-18-38(33-36)63-55-46(44-25-14-30-52-53(44)47-24-9-11-29-51(47)65-52)26-13-27-48(55)54-43-22-6-4-19-39(43)40-20-5-7-23-45(40)56(54)63/h1-34H. The highest BCUT2D eigenvalue weighted by Crippen LogP contribution is 2.48. The topological polar surface area (TPSA) is 56.7 Å². The third-order valence-corrected chi connectivity index (χ3v) is 14.2. The van der Waals surface area contributed by atoms with Gasteiger partial charge in [0.15, 0.2) is 17.5 Å². The van der Waals surface area contributed by atoms with Gasteiger partial charge in [-0.05, 0) is 64.2 Å². The number of nitrogens with zero attached hydrogens (tertiary/aromatic N) is 4. The van der Waals surface area contributed by atoms with E-state index >= 15 is 0 Å². The van der Waals surface area contributed by atoms with E-state index in [2.05, 4.69) is 156 Å². The van der Waals surface area contributed by atoms with Crippen molar-refractivity contribution < 1.29 is 4.42 Å². The molecule has 4 heterocycles. The summed E-state index contributed by atoms with van der Waals surface area (Å²) in [5.74, 6) is 1.77. The third kappa shape index (κ3) is 5.48. The van der Waals surface area contributed by atoms with Gasteiger partial charge in [-0.2, -0.15) is 0 Å². The Morgan fingerprint density at radius 3 is 1.74 bits per heavy atom. The molecule has 10 aromatic carbocycles. The van der Waals surface area contributed by atoms with Crippen molar-refractivity contribution in [1.82, 2.24) is 19.5 Å². The maximum atomic E-state index is 6.34. The first kappa shape index (κ1) is 36.1. The van der Waals surface area contributed by atoms with Crippen LogP contribution in [0.3, 0.4) is 0 Å². The van der Waals surface area contributed by atoms with E-state index in [0.717, 1.165) is 49.8 Å². The summed E-state index contributed by atoms with van der Waals surface area (Å²) in [7, 11) is 0. The summed E-state index contributed by atoms with van der Waals surface area (Å²) in [4.78, 5) is 15.5. The van der Waals surface area contributed by atoms with E-state index in [-0.39, 0.29) is 0 Å². The molecule has 0 aliphatic heterocycles. The average Bonchev–Trinajstić information content (AvgIpc) is 4.07. The lowest BCUT2D eigenvalue weighted by atomic mass is 9.95. The Morgan fingerprint density at radius 1 is 0.338 bits per heavy atom. The van der Waals surface area contributed by atoms with Crippen LogP contribution in [-0.2, 0) is 0 Å². The average molecular weight is 847 g/mol. The predicted octanol–water partition coefficient (Wildman–Crippen LogP) is 16.2. The molecule has 0 aliphatic carbocycles. The molecule has 0 unspecified atom stereocenters. The molecule has 0 fully saturated rings. The molecule has 5 nitrogen and oxygen atoms in total. The van der Waals surface area contributed by atoms with Gasteiger partial charge in [0, 0.05) is 75.0 Å². The summed E-state index contributed by atoms with van der Waals surface area (Å²) in [6.45, 7) is 0. The van der Waals surface area contributed by atoms with Gasteiger partial charge in [-0.3, -0.25) is 0 Å². The summed E-state index contributed by atoms with van der Waals surface area (Å²) in [5.41, 5.74) is 10.0. The fourth-order valence-corrected chi connectivity index (χ4v) is 11.3. The van der Waals surface area contributed by atoms with E-state index in [0.29, 0.717) is 17.5 Å². The first-order chi connectivity index (χ1) is 32.2. The van der Waals surface area contributed by atoms with Crippen LogP contribution < -0.4 is 0 Å². The zero-order valence-corrected chi connectivity index (χ0v) is 35.6. The Labute approximate surface area is 376 Å². The van der Waals surface area contributed by atoms with Crippen molar-refractivity contribution in [2.75, 3.05) is 0 Å². The van der Waals surface area contributed by atoms with E-state index in [1.807, 2.05) is 65.9 Å². The normalized spacial score (nSPS) is 12.0. The Hall–Kier alpha value is -8.45. The Morgan fingerprint density at radius 2 is 0.908 bits per heavy atom. The van der Waals surface area contributed by atoms with Gasteiger partial charge in [0.1, 0.15) is 11.2 Å². The number of hydrogen-bond acceptors (Lipinski definition) is 5. The number of fused-ring (bicyclic) bond motifs is 14. The molecular weight excluding hydrogens is 813 g/mol. The SMILES string of the molecule is c1ccc(-c2nc(-c3cccc(-n4c5c(-c6cccc7sc8ccccc8c67)cccc5c5c6ccccc6c6ccccc6c54)c3)nc(-c3ccc4c(c3)oc3ccccc34)n2)cc1. The number of hydrogen-bond donors (Lipinski definition) is 0. The Kier molecular flexibility index (Phi) is 7.79. The summed E-state index contributed by atoms with van der Waals surface area (Å²) < 4.78 is 11.4. The molecule has 14 rings (SSSR count). The summed E-state index contributed by atoms with van der Waals surface area (Å²) in [5, 5.41) is 12.0. The van der Waals surface area contributed by atoms with Crippen molar-refractivity contribution in [2.24, 2.45) is 0 Å². The number of thiophene rings is 1. The fourth-order valence-electron chi connectivity index (χ4n) is 10.2. The third-order valence-electron chi connectivity index (χ3n) is 13.0. The highest BCUT2D eigenvalue weighted by molar-refractivity contribution is 7.25. The van der Waals surface area contributed by atoms with Gasteiger partial charge in [-0.15, -0.1) is 11.3 Å². The van der Waals surface area contributed by atoms with Crippen molar-refractivity contribution in [2.45, 2.75) is 0 Å². The second-order valence-corrected chi connectivity index (χ2v) is 17.7. The molecule has 0 atom stereocenters. The molecule has 6 heteroatoms. The number of furan rings is 1. The van der Waals surface area contributed by atoms with Crippen LogP contribution >= 0.6 is 11.3 Å². The van der Waals surface area contributed by atoms with Gasteiger partial charge in [0.25, 0.3) is 0 Å². The highest BCUT2D eigenvalue weighted by atomic mass is 32.1. The van der Waals surface area contributed by atoms with Gasteiger partial charge in [-0.25, -0.2) is 15.0 Å². The smallest absolute Gasteiger partial charge is 0.164 e. The van der Waals surface area contributed by atoms with Crippen LogP contribution in [0, 0.1) is 0 Å². The van der Waals surface area contributed by atoms with Crippen LogP contribution in [0.25, 0.3) is 136 Å². The highest BCUT2D eigenvalue weighted by Gasteiger charge is 2.24. The molecule has 0 spiro atoms. The van der Waals surface area contributed by atoms with Gasteiger partial charge in [0.2, 0.25) is 0 Å². The molecule has 302 valence electrons.